The van der Waals surface area contributed by atoms with E-state index >= 15 is 0 Å². The van der Waals surface area contributed by atoms with E-state index in [1.165, 1.54) is 0 Å². The van der Waals surface area contributed by atoms with E-state index in [9.17, 15) is 0 Å². The summed E-state index contributed by atoms with van der Waals surface area (Å²) in [5.74, 6) is 1.41. The van der Waals surface area contributed by atoms with Crippen LogP contribution in [0.2, 0.25) is 0 Å². The minimum absolute atomic E-state index is 0.0389. The summed E-state index contributed by atoms with van der Waals surface area (Å²) in [6.07, 6.45) is 0.899. The lowest BCUT2D eigenvalue weighted by Gasteiger charge is -2.12. The molecule has 1 atom stereocenters. The van der Waals surface area contributed by atoms with Crippen molar-refractivity contribution in [1.29, 1.82) is 0 Å². The molecular weight excluding hydrogens is 176 g/mol. The maximum atomic E-state index is 5.55. The molecule has 3 heteroatoms. The van der Waals surface area contributed by atoms with Crippen molar-refractivity contribution in [2.24, 2.45) is 11.7 Å². The third-order valence-corrected chi connectivity index (χ3v) is 2.26. The zero-order valence-corrected chi connectivity index (χ0v) is 9.50. The molecule has 1 aromatic heterocycles. The highest BCUT2D eigenvalue weighted by molar-refractivity contribution is 5.13. The molecule has 0 bridgehead atoms. The first-order valence-corrected chi connectivity index (χ1v) is 5.09. The Balaban J connectivity index is 2.69. The number of hydrogen-bond donors (Lipinski definition) is 1. The number of nitrogens with zero attached hydrogens (tertiary/aromatic N) is 1. The number of aromatic nitrogens is 1. The molecule has 0 aliphatic rings. The predicted molar refractivity (Wildman–Crippen MR) is 57.1 cm³/mol. The summed E-state index contributed by atoms with van der Waals surface area (Å²) in [6, 6.07) is 2.03. The monoisotopic (exact) mass is 196 g/mol. The molecule has 0 spiro atoms. The Kier molecular flexibility index (Phi) is 3.32. The van der Waals surface area contributed by atoms with Crippen molar-refractivity contribution in [3.8, 4) is 0 Å². The van der Waals surface area contributed by atoms with Crippen molar-refractivity contribution in [1.82, 2.24) is 5.16 Å². The Labute approximate surface area is 85.7 Å². The largest absolute Gasteiger partial charge is 0.361 e. The average Bonchev–Trinajstić information content (AvgIpc) is 2.51. The van der Waals surface area contributed by atoms with Gasteiger partial charge in [0.1, 0.15) is 5.76 Å². The first-order valence-electron chi connectivity index (χ1n) is 5.09. The van der Waals surface area contributed by atoms with Crippen molar-refractivity contribution in [3.63, 3.8) is 0 Å². The Hall–Kier alpha value is -0.830. The van der Waals surface area contributed by atoms with Gasteiger partial charge in [-0.15, -0.1) is 0 Å². The van der Waals surface area contributed by atoms with E-state index in [1.807, 2.05) is 6.07 Å². The van der Waals surface area contributed by atoms with Gasteiger partial charge in [0, 0.05) is 11.5 Å². The van der Waals surface area contributed by atoms with Crippen LogP contribution in [-0.2, 0) is 11.8 Å². The molecule has 3 nitrogen and oxygen atoms in total. The summed E-state index contributed by atoms with van der Waals surface area (Å²) >= 11 is 0. The Morgan fingerprint density at radius 2 is 2.14 bits per heavy atom. The molecule has 0 saturated carbocycles. The van der Waals surface area contributed by atoms with Crippen molar-refractivity contribution in [3.05, 3.63) is 17.5 Å². The van der Waals surface area contributed by atoms with Gasteiger partial charge in [-0.05, 0) is 18.9 Å². The lowest BCUT2D eigenvalue weighted by atomic mass is 9.92. The topological polar surface area (TPSA) is 52.0 Å². The first-order chi connectivity index (χ1) is 6.43. The maximum Gasteiger partial charge on any atom is 0.142 e. The first kappa shape index (κ1) is 11.2. The second kappa shape index (κ2) is 4.13. The highest BCUT2D eigenvalue weighted by Gasteiger charge is 2.19. The summed E-state index contributed by atoms with van der Waals surface area (Å²) in [7, 11) is 0. The highest BCUT2D eigenvalue weighted by Crippen LogP contribution is 2.23. The third-order valence-electron chi connectivity index (χ3n) is 2.26. The molecule has 0 aromatic carbocycles. The van der Waals surface area contributed by atoms with Crippen molar-refractivity contribution >= 4 is 0 Å². The molecule has 0 saturated heterocycles. The van der Waals surface area contributed by atoms with Crippen LogP contribution in [0.1, 0.15) is 39.1 Å². The highest BCUT2D eigenvalue weighted by atomic mass is 16.5. The second-order valence-corrected chi connectivity index (χ2v) is 4.98. The average molecular weight is 196 g/mol. The molecule has 2 N–H and O–H groups in total. The van der Waals surface area contributed by atoms with Crippen LogP contribution in [0.3, 0.4) is 0 Å². The maximum absolute atomic E-state index is 5.55. The summed E-state index contributed by atoms with van der Waals surface area (Å²) in [4.78, 5) is 0. The zero-order chi connectivity index (χ0) is 10.8. The molecule has 0 fully saturated rings. The van der Waals surface area contributed by atoms with Crippen LogP contribution in [0.15, 0.2) is 10.6 Å². The van der Waals surface area contributed by atoms with Gasteiger partial charge in [-0.3, -0.25) is 0 Å². The molecule has 0 radical (unpaired) electrons. The van der Waals surface area contributed by atoms with E-state index in [0.29, 0.717) is 12.5 Å². The number of rotatable bonds is 3. The Bertz CT molecular complexity index is 286. The van der Waals surface area contributed by atoms with Crippen molar-refractivity contribution < 1.29 is 4.52 Å². The minimum Gasteiger partial charge on any atom is -0.361 e. The Morgan fingerprint density at radius 3 is 2.57 bits per heavy atom. The SMILES string of the molecule is CC(CN)Cc1cc(C(C)(C)C)on1. The van der Waals surface area contributed by atoms with Crippen LogP contribution in [0.4, 0.5) is 0 Å². The fourth-order valence-electron chi connectivity index (χ4n) is 1.20. The number of hydrogen-bond acceptors (Lipinski definition) is 3. The molecule has 80 valence electrons. The van der Waals surface area contributed by atoms with Crippen LogP contribution in [-0.4, -0.2) is 11.7 Å². The van der Waals surface area contributed by atoms with Gasteiger partial charge in [-0.25, -0.2) is 0 Å². The summed E-state index contributed by atoms with van der Waals surface area (Å²) in [6.45, 7) is 9.15. The number of nitrogens with two attached hydrogens (primary N) is 1. The standard InChI is InChI=1S/C11H20N2O/c1-8(7-12)5-9-6-10(14-13-9)11(2,3)4/h6,8H,5,7,12H2,1-4H3. The fraction of sp³-hybridized carbons (Fsp3) is 0.727. The van der Waals surface area contributed by atoms with Crippen LogP contribution < -0.4 is 5.73 Å². The molecule has 1 aromatic rings. The van der Waals surface area contributed by atoms with Crippen LogP contribution >= 0.6 is 0 Å². The van der Waals surface area contributed by atoms with Gasteiger partial charge in [-0.1, -0.05) is 32.9 Å². The molecule has 0 aliphatic heterocycles. The van der Waals surface area contributed by atoms with Gasteiger partial charge < -0.3 is 10.3 Å². The van der Waals surface area contributed by atoms with E-state index in [1.54, 1.807) is 0 Å². The van der Waals surface area contributed by atoms with Crippen LogP contribution in [0.25, 0.3) is 0 Å². The third kappa shape index (κ3) is 2.84. The van der Waals surface area contributed by atoms with Crippen LogP contribution in [0, 0.1) is 5.92 Å². The fourth-order valence-corrected chi connectivity index (χ4v) is 1.20. The van der Waals surface area contributed by atoms with E-state index in [-0.39, 0.29) is 5.41 Å². The molecule has 14 heavy (non-hydrogen) atoms. The lowest BCUT2D eigenvalue weighted by Crippen LogP contribution is -2.13. The van der Waals surface area contributed by atoms with Gasteiger partial charge in [0.2, 0.25) is 0 Å². The van der Waals surface area contributed by atoms with Gasteiger partial charge in [0.05, 0.1) is 5.69 Å². The molecule has 1 unspecified atom stereocenters. The smallest absolute Gasteiger partial charge is 0.142 e. The van der Waals surface area contributed by atoms with Gasteiger partial charge in [-0.2, -0.15) is 0 Å². The second-order valence-electron chi connectivity index (χ2n) is 4.98. The normalized spacial score (nSPS) is 14.4. The molecule has 0 aliphatic carbocycles. The summed E-state index contributed by atoms with van der Waals surface area (Å²) < 4.78 is 5.28. The predicted octanol–water partition coefficient (Wildman–Crippen LogP) is 2.11. The minimum atomic E-state index is 0.0389. The van der Waals surface area contributed by atoms with E-state index in [2.05, 4.69) is 32.9 Å². The van der Waals surface area contributed by atoms with Crippen LogP contribution in [0.5, 0.6) is 0 Å². The van der Waals surface area contributed by atoms with Crippen molar-refractivity contribution in [2.45, 2.75) is 39.5 Å². The van der Waals surface area contributed by atoms with Crippen molar-refractivity contribution in [2.75, 3.05) is 6.54 Å². The zero-order valence-electron chi connectivity index (χ0n) is 9.50. The lowest BCUT2D eigenvalue weighted by molar-refractivity contribution is 0.324. The van der Waals surface area contributed by atoms with E-state index in [4.69, 9.17) is 10.3 Å². The quantitative estimate of drug-likeness (QED) is 0.805. The van der Waals surface area contributed by atoms with E-state index in [0.717, 1.165) is 17.9 Å². The van der Waals surface area contributed by atoms with E-state index < -0.39 is 0 Å². The van der Waals surface area contributed by atoms with Gasteiger partial charge in [0.15, 0.2) is 0 Å². The van der Waals surface area contributed by atoms with Gasteiger partial charge >= 0.3 is 0 Å². The molecular formula is C11H20N2O. The summed E-state index contributed by atoms with van der Waals surface area (Å²) in [5, 5.41) is 4.04. The molecule has 1 rings (SSSR count). The molecule has 0 amide bonds. The molecule has 1 heterocycles. The summed E-state index contributed by atoms with van der Waals surface area (Å²) in [5.41, 5.74) is 6.60. The Morgan fingerprint density at radius 1 is 1.50 bits per heavy atom. The van der Waals surface area contributed by atoms with Gasteiger partial charge in [0.25, 0.3) is 0 Å².